The fraction of sp³-hybridized carbons (Fsp3) is 0.222. The van der Waals surface area contributed by atoms with Gasteiger partial charge in [-0.3, -0.25) is 14.5 Å². The minimum atomic E-state index is -0.478. The fourth-order valence-electron chi connectivity index (χ4n) is 2.85. The molecule has 0 unspecified atom stereocenters. The van der Waals surface area contributed by atoms with Crippen LogP contribution in [0, 0.1) is 0 Å². The lowest BCUT2D eigenvalue weighted by atomic mass is 10.1. The number of ether oxygens (including phenoxy) is 2. The zero-order valence-electron chi connectivity index (χ0n) is 13.1. The van der Waals surface area contributed by atoms with Gasteiger partial charge < -0.3 is 9.47 Å². The topological polar surface area (TPSA) is 55.8 Å². The highest BCUT2D eigenvalue weighted by Gasteiger charge is 2.39. The van der Waals surface area contributed by atoms with Crippen LogP contribution in [0.4, 0.5) is 4.79 Å². The van der Waals surface area contributed by atoms with Crippen molar-refractivity contribution in [1.29, 1.82) is 0 Å². The summed E-state index contributed by atoms with van der Waals surface area (Å²) in [4.78, 5) is 26.2. The summed E-state index contributed by atoms with van der Waals surface area (Å²) in [6, 6.07) is 12.9. The number of hydrogen-bond acceptors (Lipinski definition) is 5. The summed E-state index contributed by atoms with van der Waals surface area (Å²) in [5, 5.41) is -0.198. The molecule has 5 nitrogen and oxygen atoms in total. The number of rotatable bonds is 4. The molecule has 0 spiro atoms. The summed E-state index contributed by atoms with van der Waals surface area (Å²) in [7, 11) is 0. The number of nitrogens with zero attached hydrogens (tertiary/aromatic N) is 1. The van der Waals surface area contributed by atoms with Gasteiger partial charge in [0.05, 0.1) is 11.8 Å². The smallest absolute Gasteiger partial charge is 0.289 e. The summed E-state index contributed by atoms with van der Waals surface area (Å²) in [6.07, 6.45) is 0.371. The Balaban J connectivity index is 1.51. The van der Waals surface area contributed by atoms with Crippen LogP contribution in [0.5, 0.6) is 11.5 Å². The molecule has 0 saturated carbocycles. The van der Waals surface area contributed by atoms with E-state index in [1.54, 1.807) is 12.1 Å². The van der Waals surface area contributed by atoms with E-state index in [4.69, 9.17) is 21.1 Å². The molecule has 2 heterocycles. The van der Waals surface area contributed by atoms with Crippen molar-refractivity contribution in [3.8, 4) is 11.5 Å². The molecule has 2 aromatic rings. The molecule has 1 atom stereocenters. The summed E-state index contributed by atoms with van der Waals surface area (Å²) in [6.45, 7) is 0.451. The van der Waals surface area contributed by atoms with Crippen LogP contribution in [0.25, 0.3) is 0 Å². The summed E-state index contributed by atoms with van der Waals surface area (Å²) in [5.41, 5.74) is 1.69. The van der Waals surface area contributed by atoms with Crippen molar-refractivity contribution < 1.29 is 19.1 Å². The van der Waals surface area contributed by atoms with Crippen molar-refractivity contribution in [2.75, 3.05) is 6.79 Å². The molecule has 1 saturated heterocycles. The van der Waals surface area contributed by atoms with Gasteiger partial charge in [-0.15, -0.1) is 0 Å². The number of benzene rings is 2. The van der Waals surface area contributed by atoms with Gasteiger partial charge in [-0.2, -0.15) is 0 Å². The van der Waals surface area contributed by atoms with Crippen LogP contribution < -0.4 is 9.47 Å². The minimum absolute atomic E-state index is 0.162. The van der Waals surface area contributed by atoms with Crippen LogP contribution in [0.2, 0.25) is 5.02 Å². The van der Waals surface area contributed by atoms with Gasteiger partial charge in [0, 0.05) is 11.1 Å². The van der Waals surface area contributed by atoms with Crippen molar-refractivity contribution in [3.05, 3.63) is 58.6 Å². The molecule has 0 aromatic heterocycles. The Morgan fingerprint density at radius 2 is 1.84 bits per heavy atom. The van der Waals surface area contributed by atoms with Crippen molar-refractivity contribution in [1.82, 2.24) is 4.90 Å². The number of carbonyl (C=O) groups is 2. The van der Waals surface area contributed by atoms with E-state index in [1.165, 1.54) is 4.90 Å². The first-order chi connectivity index (χ1) is 12.1. The number of carbonyl (C=O) groups excluding carboxylic acids is 2. The molecule has 7 heteroatoms. The number of thioether (sulfide) groups is 1. The van der Waals surface area contributed by atoms with E-state index in [-0.39, 0.29) is 24.5 Å². The molecular formula is C18H14ClNO4S. The van der Waals surface area contributed by atoms with E-state index >= 15 is 0 Å². The molecular weight excluding hydrogens is 362 g/mol. The summed E-state index contributed by atoms with van der Waals surface area (Å²) < 4.78 is 10.6. The molecule has 0 N–H and O–H groups in total. The Morgan fingerprint density at radius 1 is 1.12 bits per heavy atom. The second-order valence-corrected chi connectivity index (χ2v) is 7.34. The molecule has 0 aliphatic carbocycles. The van der Waals surface area contributed by atoms with E-state index in [0.717, 1.165) is 22.9 Å². The maximum Gasteiger partial charge on any atom is 0.289 e. The van der Waals surface area contributed by atoms with Gasteiger partial charge in [-0.25, -0.2) is 0 Å². The van der Waals surface area contributed by atoms with Gasteiger partial charge >= 0.3 is 0 Å². The number of fused-ring (bicyclic) bond motifs is 1. The van der Waals surface area contributed by atoms with Crippen LogP contribution in [-0.2, 0) is 17.8 Å². The maximum atomic E-state index is 12.7. The third-order valence-corrected chi connectivity index (χ3v) is 5.56. The van der Waals surface area contributed by atoms with Crippen LogP contribution in [0.1, 0.15) is 11.1 Å². The van der Waals surface area contributed by atoms with E-state index in [2.05, 4.69) is 0 Å². The molecule has 25 heavy (non-hydrogen) atoms. The lowest BCUT2D eigenvalue weighted by Gasteiger charge is -2.14. The van der Waals surface area contributed by atoms with Gasteiger partial charge in [0.15, 0.2) is 11.5 Å². The van der Waals surface area contributed by atoms with Crippen LogP contribution >= 0.6 is 23.4 Å². The Morgan fingerprint density at radius 3 is 2.60 bits per heavy atom. The number of hydrogen-bond donors (Lipinski definition) is 0. The number of amides is 2. The van der Waals surface area contributed by atoms with E-state index in [0.29, 0.717) is 22.9 Å². The van der Waals surface area contributed by atoms with Gasteiger partial charge in [-0.1, -0.05) is 53.7 Å². The van der Waals surface area contributed by atoms with Gasteiger partial charge in [0.1, 0.15) is 0 Å². The second kappa shape index (κ2) is 6.61. The molecule has 1 fully saturated rings. The van der Waals surface area contributed by atoms with Crippen molar-refractivity contribution >= 4 is 34.5 Å². The highest BCUT2D eigenvalue weighted by atomic mass is 35.5. The summed E-state index contributed by atoms with van der Waals surface area (Å²) >= 11 is 7.33. The van der Waals surface area contributed by atoms with E-state index in [9.17, 15) is 9.59 Å². The van der Waals surface area contributed by atoms with Gasteiger partial charge in [0.25, 0.3) is 5.24 Å². The predicted octanol–water partition coefficient (Wildman–Crippen LogP) is 3.88. The number of imide groups is 1. The Bertz CT molecular complexity index is 842. The van der Waals surface area contributed by atoms with Crippen LogP contribution in [0.3, 0.4) is 0 Å². The molecule has 2 amide bonds. The molecule has 2 aromatic carbocycles. The van der Waals surface area contributed by atoms with Crippen molar-refractivity contribution in [2.45, 2.75) is 18.2 Å². The average Bonchev–Trinajstić information content (AvgIpc) is 3.16. The molecule has 2 aliphatic heterocycles. The fourth-order valence-corrected chi connectivity index (χ4v) is 4.10. The highest BCUT2D eigenvalue weighted by Crippen LogP contribution is 2.39. The second-order valence-electron chi connectivity index (χ2n) is 5.78. The molecule has 0 bridgehead atoms. The van der Waals surface area contributed by atoms with E-state index < -0.39 is 5.25 Å². The lowest BCUT2D eigenvalue weighted by molar-refractivity contribution is -0.127. The largest absolute Gasteiger partial charge is 0.454 e. The Labute approximate surface area is 153 Å². The zero-order chi connectivity index (χ0) is 17.4. The third kappa shape index (κ3) is 3.19. The lowest BCUT2D eigenvalue weighted by Crippen LogP contribution is -2.31. The summed E-state index contributed by atoms with van der Waals surface area (Å²) in [5.74, 6) is 1.02. The third-order valence-electron chi connectivity index (χ3n) is 4.14. The molecule has 4 rings (SSSR count). The van der Waals surface area contributed by atoms with Gasteiger partial charge in [0.2, 0.25) is 12.7 Å². The molecule has 128 valence electrons. The molecule has 2 aliphatic rings. The normalized spacial score (nSPS) is 18.9. The Hall–Kier alpha value is -2.18. The van der Waals surface area contributed by atoms with Crippen molar-refractivity contribution in [3.63, 3.8) is 0 Å². The predicted molar refractivity (Wildman–Crippen MR) is 95.0 cm³/mol. The molecule has 0 radical (unpaired) electrons. The number of halogens is 1. The van der Waals surface area contributed by atoms with Crippen LogP contribution in [-0.4, -0.2) is 28.1 Å². The maximum absolute atomic E-state index is 12.7. The first kappa shape index (κ1) is 16.3. The standard InChI is InChI=1S/C18H14ClNO4S/c19-13-8-15-14(23-10-24-15)6-12(13)7-16-17(21)20(18(22)25-16)9-11-4-2-1-3-5-11/h1-6,8,16H,7,9-10H2/t16-/m1/s1. The first-order valence-corrected chi connectivity index (χ1v) is 9.01. The first-order valence-electron chi connectivity index (χ1n) is 7.76. The van der Waals surface area contributed by atoms with Crippen molar-refractivity contribution in [2.24, 2.45) is 0 Å². The average molecular weight is 376 g/mol. The zero-order valence-corrected chi connectivity index (χ0v) is 14.7. The highest BCUT2D eigenvalue weighted by molar-refractivity contribution is 8.15. The van der Waals surface area contributed by atoms with Gasteiger partial charge in [-0.05, 0) is 23.6 Å². The van der Waals surface area contributed by atoms with Crippen LogP contribution in [0.15, 0.2) is 42.5 Å². The Kier molecular flexibility index (Phi) is 4.31. The minimum Gasteiger partial charge on any atom is -0.454 e. The quantitative estimate of drug-likeness (QED) is 0.811. The SMILES string of the molecule is O=C1S[C@H](Cc2cc3c(cc2Cl)OCO3)C(=O)N1Cc1ccccc1. The van der Waals surface area contributed by atoms with E-state index in [1.807, 2.05) is 30.3 Å². The monoisotopic (exact) mass is 375 g/mol.